The Morgan fingerprint density at radius 2 is 1.85 bits per heavy atom. The summed E-state index contributed by atoms with van der Waals surface area (Å²) in [5.41, 5.74) is 2.34. The van der Waals surface area contributed by atoms with Crippen molar-refractivity contribution < 1.29 is 14.3 Å². The second-order valence-electron chi connectivity index (χ2n) is 7.13. The average Bonchev–Trinajstić information content (AvgIpc) is 2.70. The summed E-state index contributed by atoms with van der Waals surface area (Å²) in [6, 6.07) is 8.41. The van der Waals surface area contributed by atoms with Crippen molar-refractivity contribution in [2.75, 3.05) is 26.7 Å². The third-order valence-electron chi connectivity index (χ3n) is 4.68. The van der Waals surface area contributed by atoms with Gasteiger partial charge in [-0.05, 0) is 44.7 Å². The van der Waals surface area contributed by atoms with Crippen LogP contribution in [0.1, 0.15) is 44.7 Å². The standard InChI is InChI=1S/C21H33N3O3/c1-5-22-21(24-12-10-19(11-13-24)20(25)26-4)23-14-17-6-8-18(9-7-17)15-27-16(2)3/h6-9,16,19H,5,10-15H2,1-4H3,(H,22,23). The Morgan fingerprint density at radius 1 is 1.22 bits per heavy atom. The zero-order chi connectivity index (χ0) is 19.6. The molecule has 1 N–H and O–H groups in total. The number of methoxy groups -OCH3 is 1. The zero-order valence-corrected chi connectivity index (χ0v) is 17.0. The number of nitrogens with one attached hydrogen (secondary N) is 1. The van der Waals surface area contributed by atoms with E-state index in [1.54, 1.807) is 0 Å². The molecule has 0 aromatic heterocycles. The van der Waals surface area contributed by atoms with Gasteiger partial charge >= 0.3 is 5.97 Å². The minimum atomic E-state index is -0.0990. The Morgan fingerprint density at radius 3 is 2.41 bits per heavy atom. The van der Waals surface area contributed by atoms with E-state index in [2.05, 4.69) is 41.4 Å². The number of benzene rings is 1. The van der Waals surface area contributed by atoms with Gasteiger partial charge in [-0.1, -0.05) is 24.3 Å². The maximum absolute atomic E-state index is 11.7. The number of aliphatic imine (C=N–C) groups is 1. The monoisotopic (exact) mass is 375 g/mol. The van der Waals surface area contributed by atoms with Gasteiger partial charge in [0.15, 0.2) is 5.96 Å². The van der Waals surface area contributed by atoms with Gasteiger partial charge in [0, 0.05) is 19.6 Å². The Hall–Kier alpha value is -2.08. The van der Waals surface area contributed by atoms with Crippen LogP contribution in [-0.4, -0.2) is 49.7 Å². The number of nitrogens with zero attached hydrogens (tertiary/aromatic N) is 2. The first kappa shape index (κ1) is 21.2. The summed E-state index contributed by atoms with van der Waals surface area (Å²) >= 11 is 0. The first-order valence-corrected chi connectivity index (χ1v) is 9.84. The normalized spacial score (nSPS) is 15.9. The van der Waals surface area contributed by atoms with E-state index in [1.807, 2.05) is 13.8 Å². The maximum atomic E-state index is 11.7. The molecule has 6 nitrogen and oxygen atoms in total. The van der Waals surface area contributed by atoms with Gasteiger partial charge in [0.1, 0.15) is 0 Å². The number of rotatable bonds is 7. The molecular weight excluding hydrogens is 342 g/mol. The largest absolute Gasteiger partial charge is 0.469 e. The minimum absolute atomic E-state index is 0.00901. The zero-order valence-electron chi connectivity index (χ0n) is 17.0. The molecule has 1 fully saturated rings. The van der Waals surface area contributed by atoms with Gasteiger partial charge in [-0.2, -0.15) is 0 Å². The highest BCUT2D eigenvalue weighted by atomic mass is 16.5. The highest BCUT2D eigenvalue weighted by Gasteiger charge is 2.26. The van der Waals surface area contributed by atoms with E-state index in [-0.39, 0.29) is 18.0 Å². The van der Waals surface area contributed by atoms with Crippen LogP contribution in [0, 0.1) is 5.92 Å². The van der Waals surface area contributed by atoms with Crippen LogP contribution in [-0.2, 0) is 27.4 Å². The second-order valence-corrected chi connectivity index (χ2v) is 7.13. The quantitative estimate of drug-likeness (QED) is 0.451. The molecule has 0 amide bonds. The van der Waals surface area contributed by atoms with Gasteiger partial charge in [0.25, 0.3) is 0 Å². The molecule has 0 unspecified atom stereocenters. The molecule has 0 aliphatic carbocycles. The fraction of sp³-hybridized carbons (Fsp3) is 0.619. The van der Waals surface area contributed by atoms with Crippen molar-refractivity contribution in [3.8, 4) is 0 Å². The predicted octanol–water partition coefficient (Wildman–Crippen LogP) is 2.96. The summed E-state index contributed by atoms with van der Waals surface area (Å²) in [5, 5.41) is 3.36. The van der Waals surface area contributed by atoms with Gasteiger partial charge in [-0.25, -0.2) is 4.99 Å². The van der Waals surface area contributed by atoms with Gasteiger partial charge in [0.05, 0.1) is 32.3 Å². The van der Waals surface area contributed by atoms with E-state index in [0.29, 0.717) is 13.2 Å². The fourth-order valence-corrected chi connectivity index (χ4v) is 3.09. The van der Waals surface area contributed by atoms with Crippen LogP contribution in [0.25, 0.3) is 0 Å². The lowest BCUT2D eigenvalue weighted by molar-refractivity contribution is -0.146. The van der Waals surface area contributed by atoms with Gasteiger partial charge in [-0.15, -0.1) is 0 Å². The number of ether oxygens (including phenoxy) is 2. The Labute approximate surface area is 162 Å². The number of guanidine groups is 1. The smallest absolute Gasteiger partial charge is 0.308 e. The van der Waals surface area contributed by atoms with E-state index in [1.165, 1.54) is 18.2 Å². The number of likely N-dealkylation sites (tertiary alicyclic amines) is 1. The van der Waals surface area contributed by atoms with Crippen molar-refractivity contribution in [3.63, 3.8) is 0 Å². The molecule has 0 saturated carbocycles. The molecule has 0 atom stereocenters. The Balaban J connectivity index is 1.92. The second kappa shape index (κ2) is 10.9. The number of hydrogen-bond donors (Lipinski definition) is 1. The predicted molar refractivity (Wildman–Crippen MR) is 107 cm³/mol. The summed E-state index contributed by atoms with van der Waals surface area (Å²) < 4.78 is 10.5. The molecular formula is C21H33N3O3. The van der Waals surface area contributed by atoms with Crippen LogP contribution in [0.5, 0.6) is 0 Å². The van der Waals surface area contributed by atoms with Crippen LogP contribution >= 0.6 is 0 Å². The summed E-state index contributed by atoms with van der Waals surface area (Å²) in [7, 11) is 1.46. The molecule has 0 spiro atoms. The van der Waals surface area contributed by atoms with Crippen molar-refractivity contribution >= 4 is 11.9 Å². The lowest BCUT2D eigenvalue weighted by Crippen LogP contribution is -2.46. The molecule has 1 aliphatic rings. The summed E-state index contributed by atoms with van der Waals surface area (Å²) in [6.45, 7) is 9.87. The van der Waals surface area contributed by atoms with E-state index in [9.17, 15) is 4.79 Å². The molecule has 1 heterocycles. The lowest BCUT2D eigenvalue weighted by Gasteiger charge is -2.33. The molecule has 150 valence electrons. The lowest BCUT2D eigenvalue weighted by atomic mass is 9.97. The third kappa shape index (κ3) is 6.86. The highest BCUT2D eigenvalue weighted by Crippen LogP contribution is 2.18. The molecule has 2 rings (SSSR count). The summed E-state index contributed by atoms with van der Waals surface area (Å²) in [5.74, 6) is 0.820. The van der Waals surface area contributed by atoms with E-state index < -0.39 is 0 Å². The average molecular weight is 376 g/mol. The van der Waals surface area contributed by atoms with Crippen LogP contribution < -0.4 is 5.32 Å². The summed E-state index contributed by atoms with van der Waals surface area (Å²) in [6.07, 6.45) is 1.85. The minimum Gasteiger partial charge on any atom is -0.469 e. The van der Waals surface area contributed by atoms with Crippen LogP contribution in [0.15, 0.2) is 29.3 Å². The number of carbonyl (C=O) groups excluding carboxylic acids is 1. The summed E-state index contributed by atoms with van der Waals surface area (Å²) in [4.78, 5) is 18.7. The Kier molecular flexibility index (Phi) is 8.58. The van der Waals surface area contributed by atoms with Gasteiger partial charge in [0.2, 0.25) is 0 Å². The molecule has 27 heavy (non-hydrogen) atoms. The number of hydrogen-bond acceptors (Lipinski definition) is 4. The Bertz CT molecular complexity index is 606. The van der Waals surface area contributed by atoms with E-state index in [0.717, 1.165) is 38.4 Å². The SMILES string of the molecule is CCNC(=NCc1ccc(COC(C)C)cc1)N1CCC(C(=O)OC)CC1. The van der Waals surface area contributed by atoms with Gasteiger partial charge < -0.3 is 19.7 Å². The first-order valence-electron chi connectivity index (χ1n) is 9.84. The van der Waals surface area contributed by atoms with Crippen LogP contribution in [0.4, 0.5) is 0 Å². The van der Waals surface area contributed by atoms with Crippen molar-refractivity contribution in [3.05, 3.63) is 35.4 Å². The maximum Gasteiger partial charge on any atom is 0.308 e. The molecule has 1 saturated heterocycles. The van der Waals surface area contributed by atoms with Crippen molar-refractivity contribution in [2.24, 2.45) is 10.9 Å². The van der Waals surface area contributed by atoms with Crippen LogP contribution in [0.2, 0.25) is 0 Å². The van der Waals surface area contributed by atoms with Crippen molar-refractivity contribution in [1.29, 1.82) is 0 Å². The highest BCUT2D eigenvalue weighted by molar-refractivity contribution is 5.80. The van der Waals surface area contributed by atoms with E-state index in [4.69, 9.17) is 14.5 Å². The molecule has 6 heteroatoms. The number of carbonyl (C=O) groups is 1. The fourth-order valence-electron chi connectivity index (χ4n) is 3.09. The van der Waals surface area contributed by atoms with E-state index >= 15 is 0 Å². The molecule has 1 aliphatic heterocycles. The number of piperidine rings is 1. The molecule has 0 radical (unpaired) electrons. The molecule has 1 aromatic rings. The molecule has 1 aromatic carbocycles. The van der Waals surface area contributed by atoms with Crippen LogP contribution in [0.3, 0.4) is 0 Å². The number of esters is 1. The van der Waals surface area contributed by atoms with Gasteiger partial charge in [-0.3, -0.25) is 4.79 Å². The topological polar surface area (TPSA) is 63.2 Å². The van der Waals surface area contributed by atoms with Crippen molar-refractivity contribution in [1.82, 2.24) is 10.2 Å². The third-order valence-corrected chi connectivity index (χ3v) is 4.68. The molecule has 0 bridgehead atoms. The van der Waals surface area contributed by atoms with Crippen molar-refractivity contribution in [2.45, 2.75) is 52.9 Å². The first-order chi connectivity index (χ1) is 13.0.